The number of fused-ring (bicyclic) bond motifs is 1. The van der Waals surface area contributed by atoms with Crippen molar-refractivity contribution >= 4 is 45.1 Å². The van der Waals surface area contributed by atoms with Gasteiger partial charge in [-0.3, -0.25) is 4.79 Å². The van der Waals surface area contributed by atoms with Crippen LogP contribution >= 0.6 is 24.0 Å². The Morgan fingerprint density at radius 1 is 1.48 bits per heavy atom. The molecule has 2 aromatic rings. The number of hydrogen-bond donors (Lipinski definition) is 1. The number of H-pyrrole nitrogens is 1. The predicted molar refractivity (Wildman–Crippen MR) is 97.1 cm³/mol. The smallest absolute Gasteiger partial charge is 0.175 e. The standard InChI is InChI=1S/C16H19N3O2S2/c1-10-7-19(8-11(2)21-10)16(22)23-9-14(20)13-6-18-15-12(13)4-3-5-17-15/h3-6,10-11H,7-9H2,1-2H3,(H,17,18)/t10-,11-/m1/s1. The van der Waals surface area contributed by atoms with Crippen LogP contribution < -0.4 is 0 Å². The van der Waals surface area contributed by atoms with Crippen LogP contribution in [-0.2, 0) is 4.74 Å². The molecule has 2 aromatic heterocycles. The number of morpholine rings is 1. The molecule has 23 heavy (non-hydrogen) atoms. The molecule has 0 radical (unpaired) electrons. The van der Waals surface area contributed by atoms with Gasteiger partial charge in [0.2, 0.25) is 0 Å². The van der Waals surface area contributed by atoms with Crippen molar-refractivity contribution in [1.82, 2.24) is 14.9 Å². The molecular weight excluding hydrogens is 330 g/mol. The number of pyridine rings is 1. The maximum Gasteiger partial charge on any atom is 0.175 e. The second-order valence-electron chi connectivity index (χ2n) is 5.74. The van der Waals surface area contributed by atoms with Gasteiger partial charge in [0.1, 0.15) is 9.97 Å². The second kappa shape index (κ2) is 6.98. The van der Waals surface area contributed by atoms with Crippen molar-refractivity contribution in [2.75, 3.05) is 18.8 Å². The highest BCUT2D eigenvalue weighted by Gasteiger charge is 2.24. The summed E-state index contributed by atoms with van der Waals surface area (Å²) in [7, 11) is 0. The normalized spacial score (nSPS) is 21.6. The SMILES string of the molecule is C[C@@H]1CN(C(=S)SCC(=O)c2c[nH]c3ncccc23)C[C@@H](C)O1. The number of Topliss-reactive ketones (excluding diaryl/α,β-unsaturated/α-hetero) is 1. The maximum absolute atomic E-state index is 12.5. The number of hydrogen-bond acceptors (Lipinski definition) is 5. The molecule has 0 bridgehead atoms. The third-order valence-electron chi connectivity index (χ3n) is 3.76. The largest absolute Gasteiger partial charge is 0.372 e. The molecule has 1 aliphatic heterocycles. The van der Waals surface area contributed by atoms with Crippen molar-refractivity contribution in [2.45, 2.75) is 26.1 Å². The molecule has 3 rings (SSSR count). The Bertz CT molecular complexity index is 721. The van der Waals surface area contributed by atoms with Gasteiger partial charge in [0.15, 0.2) is 5.78 Å². The fourth-order valence-electron chi connectivity index (χ4n) is 2.81. The molecule has 7 heteroatoms. The third kappa shape index (κ3) is 3.73. The quantitative estimate of drug-likeness (QED) is 0.679. The van der Waals surface area contributed by atoms with E-state index in [1.807, 2.05) is 26.0 Å². The van der Waals surface area contributed by atoms with Gasteiger partial charge in [-0.05, 0) is 26.0 Å². The molecule has 122 valence electrons. The first-order valence-corrected chi connectivity index (χ1v) is 8.96. The van der Waals surface area contributed by atoms with E-state index in [0.717, 1.165) is 28.4 Å². The lowest BCUT2D eigenvalue weighted by atomic mass is 10.1. The average Bonchev–Trinajstić information content (AvgIpc) is 2.95. The molecule has 0 amide bonds. The lowest BCUT2D eigenvalue weighted by Gasteiger charge is -2.36. The summed E-state index contributed by atoms with van der Waals surface area (Å²) in [6.07, 6.45) is 3.75. The number of nitrogens with zero attached hydrogens (tertiary/aromatic N) is 2. The average molecular weight is 349 g/mol. The first kappa shape index (κ1) is 16.4. The van der Waals surface area contributed by atoms with E-state index in [-0.39, 0.29) is 18.0 Å². The first-order valence-electron chi connectivity index (χ1n) is 7.57. The summed E-state index contributed by atoms with van der Waals surface area (Å²) >= 11 is 6.90. The number of aromatic nitrogens is 2. The van der Waals surface area contributed by atoms with Crippen LogP contribution in [-0.4, -0.2) is 56.0 Å². The molecule has 0 unspecified atom stereocenters. The van der Waals surface area contributed by atoms with Gasteiger partial charge in [-0.2, -0.15) is 0 Å². The number of ketones is 1. The summed E-state index contributed by atoms with van der Waals surface area (Å²) in [5.74, 6) is 0.395. The first-order chi connectivity index (χ1) is 11.0. The molecule has 0 spiro atoms. The number of carbonyl (C=O) groups excluding carboxylic acids is 1. The molecule has 0 aromatic carbocycles. The number of thiocarbonyl (C=S) groups is 1. The van der Waals surface area contributed by atoms with Crippen LogP contribution in [0, 0.1) is 0 Å². The fourth-order valence-corrected chi connectivity index (χ4v) is 3.88. The van der Waals surface area contributed by atoms with Crippen molar-refractivity contribution in [1.29, 1.82) is 0 Å². The minimum Gasteiger partial charge on any atom is -0.372 e. The minimum absolute atomic E-state index is 0.0611. The Morgan fingerprint density at radius 3 is 2.96 bits per heavy atom. The summed E-state index contributed by atoms with van der Waals surface area (Å²) in [5, 5.41) is 0.859. The zero-order valence-corrected chi connectivity index (χ0v) is 14.7. The number of nitrogens with one attached hydrogen (secondary N) is 1. The van der Waals surface area contributed by atoms with E-state index in [1.54, 1.807) is 12.4 Å². The van der Waals surface area contributed by atoms with Gasteiger partial charge in [-0.25, -0.2) is 4.98 Å². The van der Waals surface area contributed by atoms with E-state index >= 15 is 0 Å². The van der Waals surface area contributed by atoms with Crippen molar-refractivity contribution in [3.05, 3.63) is 30.1 Å². The summed E-state index contributed by atoms with van der Waals surface area (Å²) in [6.45, 7) is 5.64. The van der Waals surface area contributed by atoms with Crippen LogP contribution in [0.15, 0.2) is 24.5 Å². The Balaban J connectivity index is 1.61. The van der Waals surface area contributed by atoms with E-state index in [0.29, 0.717) is 11.3 Å². The Kier molecular flexibility index (Phi) is 4.99. The summed E-state index contributed by atoms with van der Waals surface area (Å²) < 4.78 is 6.47. The number of thioether (sulfide) groups is 1. The highest BCUT2D eigenvalue weighted by Crippen LogP contribution is 2.21. The topological polar surface area (TPSA) is 58.2 Å². The summed E-state index contributed by atoms with van der Waals surface area (Å²) in [4.78, 5) is 21.8. The highest BCUT2D eigenvalue weighted by molar-refractivity contribution is 8.23. The van der Waals surface area contributed by atoms with Crippen LogP contribution in [0.25, 0.3) is 11.0 Å². The van der Waals surface area contributed by atoms with Crippen molar-refractivity contribution in [2.24, 2.45) is 0 Å². The van der Waals surface area contributed by atoms with Crippen LogP contribution in [0.4, 0.5) is 0 Å². The molecule has 0 saturated carbocycles. The number of carbonyl (C=O) groups is 1. The van der Waals surface area contributed by atoms with Crippen LogP contribution in [0.1, 0.15) is 24.2 Å². The van der Waals surface area contributed by atoms with E-state index in [9.17, 15) is 4.79 Å². The number of ether oxygens (including phenoxy) is 1. The molecule has 5 nitrogen and oxygen atoms in total. The molecule has 1 N–H and O–H groups in total. The number of aromatic amines is 1. The van der Waals surface area contributed by atoms with Crippen LogP contribution in [0.2, 0.25) is 0 Å². The molecule has 2 atom stereocenters. The predicted octanol–water partition coefficient (Wildman–Crippen LogP) is 2.87. The van der Waals surface area contributed by atoms with Crippen molar-refractivity contribution < 1.29 is 9.53 Å². The van der Waals surface area contributed by atoms with E-state index in [2.05, 4.69) is 14.9 Å². The van der Waals surface area contributed by atoms with Gasteiger partial charge in [0.25, 0.3) is 0 Å². The molecule has 1 saturated heterocycles. The highest BCUT2D eigenvalue weighted by atomic mass is 32.2. The lowest BCUT2D eigenvalue weighted by molar-refractivity contribution is -0.0465. The Hall–Kier alpha value is -1.44. The van der Waals surface area contributed by atoms with Gasteiger partial charge in [-0.1, -0.05) is 24.0 Å². The second-order valence-corrected chi connectivity index (χ2v) is 7.35. The molecule has 0 aliphatic carbocycles. The van der Waals surface area contributed by atoms with Crippen LogP contribution in [0.3, 0.4) is 0 Å². The van der Waals surface area contributed by atoms with E-state index in [1.165, 1.54) is 11.8 Å². The van der Waals surface area contributed by atoms with Gasteiger partial charge in [0.05, 0.1) is 18.0 Å². The van der Waals surface area contributed by atoms with E-state index < -0.39 is 0 Å². The van der Waals surface area contributed by atoms with Gasteiger partial charge >= 0.3 is 0 Å². The molecule has 1 aliphatic rings. The zero-order chi connectivity index (χ0) is 16.4. The van der Waals surface area contributed by atoms with Crippen LogP contribution in [0.5, 0.6) is 0 Å². The maximum atomic E-state index is 12.5. The minimum atomic E-state index is 0.0611. The van der Waals surface area contributed by atoms with Gasteiger partial charge in [-0.15, -0.1) is 0 Å². The van der Waals surface area contributed by atoms with Gasteiger partial charge < -0.3 is 14.6 Å². The Labute approximate surface area is 144 Å². The molecule has 3 heterocycles. The van der Waals surface area contributed by atoms with Gasteiger partial charge in [0, 0.05) is 36.4 Å². The summed E-state index contributed by atoms with van der Waals surface area (Å²) in [6, 6.07) is 3.74. The molecular formula is C16H19N3O2S2. The van der Waals surface area contributed by atoms with Crippen molar-refractivity contribution in [3.8, 4) is 0 Å². The number of rotatable bonds is 3. The Morgan fingerprint density at radius 2 is 2.22 bits per heavy atom. The third-order valence-corrected chi connectivity index (χ3v) is 5.28. The zero-order valence-electron chi connectivity index (χ0n) is 13.1. The van der Waals surface area contributed by atoms with Crippen molar-refractivity contribution in [3.63, 3.8) is 0 Å². The fraction of sp³-hybridized carbons (Fsp3) is 0.438. The monoisotopic (exact) mass is 349 g/mol. The lowest BCUT2D eigenvalue weighted by Crippen LogP contribution is -2.46. The summed E-state index contributed by atoms with van der Waals surface area (Å²) in [5.41, 5.74) is 1.41. The van der Waals surface area contributed by atoms with E-state index in [4.69, 9.17) is 17.0 Å². The molecule has 1 fully saturated rings.